The van der Waals surface area contributed by atoms with Crippen LogP contribution in [0.25, 0.3) is 6.08 Å². The van der Waals surface area contributed by atoms with Crippen LogP contribution in [0.5, 0.6) is 0 Å². The van der Waals surface area contributed by atoms with Crippen molar-refractivity contribution in [2.45, 2.75) is 6.42 Å². The van der Waals surface area contributed by atoms with Gasteiger partial charge in [-0.25, -0.2) is 4.99 Å². The molecule has 106 valence electrons. The maximum atomic E-state index is 5.02. The van der Waals surface area contributed by atoms with Crippen molar-refractivity contribution in [1.82, 2.24) is 10.2 Å². The summed E-state index contributed by atoms with van der Waals surface area (Å²) in [5, 5.41) is 3.41. The van der Waals surface area contributed by atoms with Gasteiger partial charge in [-0.1, -0.05) is 36.4 Å². The van der Waals surface area contributed by atoms with Gasteiger partial charge in [0.15, 0.2) is 0 Å². The van der Waals surface area contributed by atoms with Crippen LogP contribution in [0.4, 0.5) is 0 Å². The average molecular weight is 277 g/mol. The molecule has 0 aromatic heterocycles. The molecule has 1 aromatic carbocycles. The highest BCUT2D eigenvalue weighted by Gasteiger charge is 2.22. The van der Waals surface area contributed by atoms with E-state index in [1.165, 1.54) is 16.7 Å². The lowest BCUT2D eigenvalue weighted by atomic mass is 10.00. The van der Waals surface area contributed by atoms with Gasteiger partial charge in [-0.3, -0.25) is 0 Å². The normalized spacial score (nSPS) is 20.8. The van der Waals surface area contributed by atoms with Gasteiger partial charge in [0.05, 0.1) is 5.70 Å². The molecule has 3 heteroatoms. The number of hydrogen-bond donors (Lipinski definition) is 1. The SMILES string of the molecule is C1=CCC2=Cc3ccccc3C(N3CCNCC3)=NC2=C1. The van der Waals surface area contributed by atoms with E-state index in [1.807, 2.05) is 0 Å². The molecule has 3 aliphatic rings. The minimum absolute atomic E-state index is 0.971. The maximum Gasteiger partial charge on any atom is 0.137 e. The van der Waals surface area contributed by atoms with Crippen LogP contribution < -0.4 is 5.32 Å². The lowest BCUT2D eigenvalue weighted by molar-refractivity contribution is 0.358. The Bertz CT molecular complexity index is 673. The minimum atomic E-state index is 0.971. The molecule has 0 unspecified atom stereocenters. The Labute approximate surface area is 125 Å². The summed E-state index contributed by atoms with van der Waals surface area (Å²) in [6.07, 6.45) is 9.70. The Morgan fingerprint density at radius 2 is 1.95 bits per heavy atom. The Kier molecular flexibility index (Phi) is 3.20. The van der Waals surface area contributed by atoms with Gasteiger partial charge in [-0.2, -0.15) is 0 Å². The molecule has 1 aromatic rings. The molecule has 1 N–H and O–H groups in total. The third kappa shape index (κ3) is 2.34. The number of amidine groups is 1. The molecule has 0 radical (unpaired) electrons. The molecule has 1 fully saturated rings. The van der Waals surface area contributed by atoms with Gasteiger partial charge in [-0.15, -0.1) is 0 Å². The first-order valence-electron chi connectivity index (χ1n) is 7.63. The van der Waals surface area contributed by atoms with Crippen LogP contribution >= 0.6 is 0 Å². The van der Waals surface area contributed by atoms with E-state index in [-0.39, 0.29) is 0 Å². The van der Waals surface area contributed by atoms with Gasteiger partial charge >= 0.3 is 0 Å². The van der Waals surface area contributed by atoms with Gasteiger partial charge < -0.3 is 10.2 Å². The van der Waals surface area contributed by atoms with Crippen molar-refractivity contribution >= 4 is 11.9 Å². The minimum Gasteiger partial charge on any atom is -0.354 e. The highest BCUT2D eigenvalue weighted by Crippen LogP contribution is 2.29. The van der Waals surface area contributed by atoms with Crippen molar-refractivity contribution in [2.75, 3.05) is 26.2 Å². The van der Waals surface area contributed by atoms with E-state index in [9.17, 15) is 0 Å². The van der Waals surface area contributed by atoms with Gasteiger partial charge in [-0.05, 0) is 29.7 Å². The Morgan fingerprint density at radius 3 is 2.86 bits per heavy atom. The number of fused-ring (bicyclic) bond motifs is 2. The monoisotopic (exact) mass is 277 g/mol. The van der Waals surface area contributed by atoms with Crippen LogP contribution in [0.3, 0.4) is 0 Å². The lowest BCUT2D eigenvalue weighted by Gasteiger charge is -2.31. The second-order valence-corrected chi connectivity index (χ2v) is 5.61. The van der Waals surface area contributed by atoms with Crippen molar-refractivity contribution < 1.29 is 0 Å². The van der Waals surface area contributed by atoms with Crippen molar-refractivity contribution in [3.05, 3.63) is 64.9 Å². The summed E-state index contributed by atoms with van der Waals surface area (Å²) < 4.78 is 0. The molecule has 0 saturated carbocycles. The summed E-state index contributed by atoms with van der Waals surface area (Å²) in [5.74, 6) is 1.12. The van der Waals surface area contributed by atoms with E-state index >= 15 is 0 Å². The fraction of sp³-hybridized carbons (Fsp3) is 0.278. The number of nitrogens with zero attached hydrogens (tertiary/aromatic N) is 2. The van der Waals surface area contributed by atoms with E-state index in [2.05, 4.69) is 58.8 Å². The molecule has 0 amide bonds. The van der Waals surface area contributed by atoms with Crippen molar-refractivity contribution in [3.63, 3.8) is 0 Å². The molecular weight excluding hydrogens is 258 g/mol. The van der Waals surface area contributed by atoms with Crippen molar-refractivity contribution in [2.24, 2.45) is 4.99 Å². The molecule has 1 saturated heterocycles. The summed E-state index contributed by atoms with van der Waals surface area (Å²) in [6.45, 7) is 4.10. The van der Waals surface area contributed by atoms with E-state index < -0.39 is 0 Å². The second kappa shape index (κ2) is 5.34. The smallest absolute Gasteiger partial charge is 0.137 e. The number of rotatable bonds is 0. The zero-order chi connectivity index (χ0) is 14.1. The number of allylic oxidation sites excluding steroid dienone is 4. The zero-order valence-corrected chi connectivity index (χ0v) is 12.0. The van der Waals surface area contributed by atoms with Crippen LogP contribution in [-0.2, 0) is 0 Å². The third-order valence-electron chi connectivity index (χ3n) is 4.23. The predicted molar refractivity (Wildman–Crippen MR) is 87.2 cm³/mol. The van der Waals surface area contributed by atoms with Gasteiger partial charge in [0.25, 0.3) is 0 Å². The number of benzene rings is 1. The largest absolute Gasteiger partial charge is 0.354 e. The molecule has 0 atom stereocenters. The van der Waals surface area contributed by atoms with Crippen LogP contribution in [-0.4, -0.2) is 36.9 Å². The summed E-state index contributed by atoms with van der Waals surface area (Å²) in [4.78, 5) is 7.43. The van der Waals surface area contributed by atoms with Crippen molar-refractivity contribution in [3.8, 4) is 0 Å². The molecule has 3 nitrogen and oxygen atoms in total. The van der Waals surface area contributed by atoms with Crippen LogP contribution in [0.15, 0.2) is 58.8 Å². The zero-order valence-electron chi connectivity index (χ0n) is 12.0. The average Bonchev–Trinajstić information content (AvgIpc) is 2.72. The summed E-state index contributed by atoms with van der Waals surface area (Å²) in [6, 6.07) is 8.61. The van der Waals surface area contributed by atoms with Crippen molar-refractivity contribution in [1.29, 1.82) is 0 Å². The highest BCUT2D eigenvalue weighted by molar-refractivity contribution is 6.04. The first-order chi connectivity index (χ1) is 10.4. The lowest BCUT2D eigenvalue weighted by Crippen LogP contribution is -2.46. The number of hydrogen-bond acceptors (Lipinski definition) is 3. The van der Waals surface area contributed by atoms with E-state index in [1.54, 1.807) is 0 Å². The summed E-state index contributed by atoms with van der Waals surface area (Å²) in [5.41, 5.74) is 4.96. The molecule has 2 heterocycles. The number of nitrogens with one attached hydrogen (secondary N) is 1. The maximum absolute atomic E-state index is 5.02. The predicted octanol–water partition coefficient (Wildman–Crippen LogP) is 2.58. The Balaban J connectivity index is 1.85. The summed E-state index contributed by atoms with van der Waals surface area (Å²) >= 11 is 0. The van der Waals surface area contributed by atoms with Crippen LogP contribution in [0, 0.1) is 0 Å². The topological polar surface area (TPSA) is 27.6 Å². The first-order valence-corrected chi connectivity index (χ1v) is 7.63. The second-order valence-electron chi connectivity index (χ2n) is 5.61. The standard InChI is InChI=1S/C18H19N3/c1-3-7-16-14(5-1)13-15-6-2-4-8-17(15)20-18(16)21-11-9-19-10-12-21/h1-5,7-8,13,19H,6,9-12H2. The third-order valence-corrected chi connectivity index (χ3v) is 4.23. The Hall–Kier alpha value is -2.13. The molecule has 4 rings (SSSR count). The number of piperazine rings is 1. The van der Waals surface area contributed by atoms with Crippen LogP contribution in [0.1, 0.15) is 17.5 Å². The van der Waals surface area contributed by atoms with Gasteiger partial charge in [0.1, 0.15) is 5.84 Å². The fourth-order valence-corrected chi connectivity index (χ4v) is 3.11. The van der Waals surface area contributed by atoms with Gasteiger partial charge in [0.2, 0.25) is 0 Å². The van der Waals surface area contributed by atoms with E-state index in [0.717, 1.165) is 44.1 Å². The quantitative estimate of drug-likeness (QED) is 0.789. The molecule has 0 spiro atoms. The number of aliphatic imine (C=N–C) groups is 1. The molecule has 0 bridgehead atoms. The Morgan fingerprint density at radius 1 is 1.10 bits per heavy atom. The first kappa shape index (κ1) is 12.6. The molecular formula is C18H19N3. The van der Waals surface area contributed by atoms with Crippen LogP contribution in [0.2, 0.25) is 0 Å². The van der Waals surface area contributed by atoms with E-state index in [4.69, 9.17) is 4.99 Å². The molecule has 1 aliphatic carbocycles. The highest BCUT2D eigenvalue weighted by atomic mass is 15.2. The molecule has 21 heavy (non-hydrogen) atoms. The van der Waals surface area contributed by atoms with Gasteiger partial charge in [0, 0.05) is 31.7 Å². The summed E-state index contributed by atoms with van der Waals surface area (Å²) in [7, 11) is 0. The fourth-order valence-electron chi connectivity index (χ4n) is 3.11. The van der Waals surface area contributed by atoms with E-state index in [0.29, 0.717) is 0 Å². The molecule has 2 aliphatic heterocycles.